The number of nitrogens with zero attached hydrogens (tertiary/aromatic N) is 1. The molecule has 1 aliphatic heterocycles. The summed E-state index contributed by atoms with van der Waals surface area (Å²) < 4.78 is 13.7. The Kier molecular flexibility index (Phi) is 7.57. The molecule has 38 heavy (non-hydrogen) atoms. The molecule has 8 heteroatoms. The Morgan fingerprint density at radius 1 is 1.05 bits per heavy atom. The van der Waals surface area contributed by atoms with Crippen molar-refractivity contribution in [3.8, 4) is 0 Å². The van der Waals surface area contributed by atoms with E-state index >= 15 is 0 Å². The molecule has 2 N–H and O–H groups in total. The number of benzene rings is 3. The molecule has 1 atom stereocenters. The van der Waals surface area contributed by atoms with E-state index in [-0.39, 0.29) is 21.9 Å². The van der Waals surface area contributed by atoms with E-state index in [1.54, 1.807) is 31.2 Å². The lowest BCUT2D eigenvalue weighted by molar-refractivity contribution is 0.0984. The van der Waals surface area contributed by atoms with Crippen LogP contribution in [0.25, 0.3) is 0 Å². The maximum Gasteiger partial charge on any atom is 0.259 e. The number of carbonyl (C=O) groups is 2. The van der Waals surface area contributed by atoms with E-state index in [2.05, 4.69) is 22.3 Å². The summed E-state index contributed by atoms with van der Waals surface area (Å²) in [6.07, 6.45) is 6.05. The summed E-state index contributed by atoms with van der Waals surface area (Å²) in [4.78, 5) is 31.1. The molecule has 1 unspecified atom stereocenters. The van der Waals surface area contributed by atoms with Crippen LogP contribution in [0.5, 0.6) is 0 Å². The number of nitrogens with one attached hydrogen (secondary N) is 2. The first-order valence-electron chi connectivity index (χ1n) is 12.6. The maximum atomic E-state index is 13.8. The molecule has 5 nitrogen and oxygen atoms in total. The molecule has 5 rings (SSSR count). The minimum atomic E-state index is -0.487. The molecular weight excluding hydrogens is 524 g/mol. The highest BCUT2D eigenvalue weighted by Gasteiger charge is 2.38. The van der Waals surface area contributed by atoms with Crippen LogP contribution in [0.2, 0.25) is 5.02 Å². The van der Waals surface area contributed by atoms with Crippen molar-refractivity contribution in [2.75, 3.05) is 23.3 Å². The van der Waals surface area contributed by atoms with Gasteiger partial charge in [0.05, 0.1) is 10.6 Å². The molecule has 2 aliphatic rings. The van der Waals surface area contributed by atoms with Crippen molar-refractivity contribution in [2.24, 2.45) is 5.41 Å². The highest BCUT2D eigenvalue weighted by molar-refractivity contribution is 6.35. The Morgan fingerprint density at radius 3 is 2.66 bits per heavy atom. The van der Waals surface area contributed by atoms with E-state index < -0.39 is 11.7 Å². The smallest absolute Gasteiger partial charge is 0.259 e. The molecule has 1 spiro atoms. The number of para-hydroxylation sites is 1. The zero-order valence-corrected chi connectivity index (χ0v) is 22.5. The van der Waals surface area contributed by atoms with Crippen LogP contribution in [0.1, 0.15) is 51.1 Å². The van der Waals surface area contributed by atoms with Gasteiger partial charge in [0.2, 0.25) is 0 Å². The van der Waals surface area contributed by atoms with Gasteiger partial charge in [-0.15, -0.1) is 0 Å². The molecule has 0 saturated carbocycles. The quantitative estimate of drug-likeness (QED) is 0.263. The Labute approximate surface area is 231 Å². The molecule has 0 bridgehead atoms. The highest BCUT2D eigenvalue weighted by atomic mass is 35.5. The SMILES string of the molecule is Cc1ccc(F)cc1C(=O)Nc1ccc(C(=O)N2CCC3(C=C(CNCl)CC3)Cc3ccccc32)c(Cl)c1. The number of hydrogen-bond donors (Lipinski definition) is 2. The fraction of sp³-hybridized carbons (Fsp3) is 0.267. The van der Waals surface area contributed by atoms with Crippen molar-refractivity contribution in [1.82, 2.24) is 4.84 Å². The van der Waals surface area contributed by atoms with Gasteiger partial charge < -0.3 is 10.2 Å². The number of aryl methyl sites for hydroxylation is 1. The summed E-state index contributed by atoms with van der Waals surface area (Å²) in [6.45, 7) is 2.95. The van der Waals surface area contributed by atoms with E-state index in [0.717, 1.165) is 36.9 Å². The summed E-state index contributed by atoms with van der Waals surface area (Å²) in [5, 5.41) is 2.98. The van der Waals surface area contributed by atoms with Gasteiger partial charge in [-0.2, -0.15) is 0 Å². The number of hydrogen-bond acceptors (Lipinski definition) is 3. The predicted molar refractivity (Wildman–Crippen MR) is 151 cm³/mol. The molecule has 196 valence electrons. The van der Waals surface area contributed by atoms with Gasteiger partial charge in [0.15, 0.2) is 0 Å². The topological polar surface area (TPSA) is 61.4 Å². The van der Waals surface area contributed by atoms with Gasteiger partial charge in [0.25, 0.3) is 11.8 Å². The van der Waals surface area contributed by atoms with Crippen LogP contribution in [0.4, 0.5) is 15.8 Å². The molecule has 0 aromatic heterocycles. The molecule has 2 amide bonds. The van der Waals surface area contributed by atoms with Crippen molar-refractivity contribution in [1.29, 1.82) is 0 Å². The fourth-order valence-electron chi connectivity index (χ4n) is 5.55. The van der Waals surface area contributed by atoms with Gasteiger partial charge in [-0.3, -0.25) is 9.59 Å². The van der Waals surface area contributed by atoms with Crippen LogP contribution in [-0.4, -0.2) is 24.9 Å². The minimum Gasteiger partial charge on any atom is -0.322 e. The molecule has 1 aliphatic carbocycles. The van der Waals surface area contributed by atoms with Crippen molar-refractivity contribution in [2.45, 2.75) is 32.6 Å². The Hall–Kier alpha value is -3.19. The number of fused-ring (bicyclic) bond motifs is 1. The third-order valence-electron chi connectivity index (χ3n) is 7.55. The lowest BCUT2D eigenvalue weighted by Gasteiger charge is -2.26. The highest BCUT2D eigenvalue weighted by Crippen LogP contribution is 2.46. The van der Waals surface area contributed by atoms with Gasteiger partial charge in [0.1, 0.15) is 5.82 Å². The normalized spacial score (nSPS) is 18.6. The third kappa shape index (κ3) is 5.35. The molecule has 0 radical (unpaired) electrons. The van der Waals surface area contributed by atoms with E-state index in [1.807, 2.05) is 23.1 Å². The maximum absolute atomic E-state index is 13.8. The van der Waals surface area contributed by atoms with E-state index in [4.69, 9.17) is 23.4 Å². The number of anilines is 2. The average molecular weight is 552 g/mol. The summed E-state index contributed by atoms with van der Waals surface area (Å²) in [5.41, 5.74) is 4.97. The van der Waals surface area contributed by atoms with Crippen molar-refractivity contribution >= 4 is 46.6 Å². The van der Waals surface area contributed by atoms with Crippen molar-refractivity contribution in [3.63, 3.8) is 0 Å². The first-order chi connectivity index (χ1) is 18.3. The van der Waals surface area contributed by atoms with Crippen molar-refractivity contribution in [3.05, 3.63) is 105 Å². The third-order valence-corrected chi connectivity index (χ3v) is 8.00. The average Bonchev–Trinajstić information content (AvgIpc) is 3.20. The van der Waals surface area contributed by atoms with Crippen LogP contribution in [-0.2, 0) is 6.42 Å². The number of rotatable bonds is 5. The van der Waals surface area contributed by atoms with Gasteiger partial charge in [0, 0.05) is 30.0 Å². The molecule has 0 fully saturated rings. The largest absolute Gasteiger partial charge is 0.322 e. The Morgan fingerprint density at radius 2 is 1.87 bits per heavy atom. The number of allylic oxidation sites excluding steroid dienone is 1. The van der Waals surface area contributed by atoms with Crippen LogP contribution in [0.3, 0.4) is 0 Å². The van der Waals surface area contributed by atoms with E-state index in [1.165, 1.54) is 17.7 Å². The molecule has 0 saturated heterocycles. The van der Waals surface area contributed by atoms with Gasteiger partial charge in [-0.1, -0.05) is 47.5 Å². The minimum absolute atomic E-state index is 0.0127. The fourth-order valence-corrected chi connectivity index (χ4v) is 5.99. The number of amides is 2. The summed E-state index contributed by atoms with van der Waals surface area (Å²) >= 11 is 12.3. The van der Waals surface area contributed by atoms with Crippen LogP contribution in [0.15, 0.2) is 72.3 Å². The van der Waals surface area contributed by atoms with Gasteiger partial charge >= 0.3 is 0 Å². The molecule has 3 aromatic rings. The van der Waals surface area contributed by atoms with Crippen LogP contribution >= 0.6 is 23.4 Å². The van der Waals surface area contributed by atoms with Crippen molar-refractivity contribution < 1.29 is 14.0 Å². The zero-order valence-electron chi connectivity index (χ0n) is 21.0. The lowest BCUT2D eigenvalue weighted by atomic mass is 9.79. The molecular formula is C30H28Cl2FN3O2. The van der Waals surface area contributed by atoms with E-state index in [9.17, 15) is 14.0 Å². The molecule has 1 heterocycles. The number of halogens is 3. The summed E-state index contributed by atoms with van der Waals surface area (Å²) in [7, 11) is 0. The second kappa shape index (κ2) is 10.9. The first-order valence-corrected chi connectivity index (χ1v) is 13.4. The van der Waals surface area contributed by atoms with Gasteiger partial charge in [-0.05, 0) is 97.3 Å². The standard InChI is InChI=1S/C30H28Cl2FN3O2/c1-19-6-7-22(33)14-25(19)28(37)35-23-8-9-24(26(31)15-23)29(38)36-13-12-30(11-10-20(16-30)18-34-32)17-21-4-2-3-5-27(21)36/h2-9,14-16,34H,10-13,17-18H2,1H3,(H,35,37). The predicted octanol–water partition coefficient (Wildman–Crippen LogP) is 7.08. The second-order valence-electron chi connectivity index (χ2n) is 10.1. The van der Waals surface area contributed by atoms with E-state index in [0.29, 0.717) is 29.9 Å². The summed E-state index contributed by atoms with van der Waals surface area (Å²) in [5.74, 6) is -1.13. The lowest BCUT2D eigenvalue weighted by Crippen LogP contribution is -2.33. The van der Waals surface area contributed by atoms with Crippen LogP contribution < -0.4 is 15.1 Å². The Bertz CT molecular complexity index is 1440. The van der Waals surface area contributed by atoms with Gasteiger partial charge in [-0.25, -0.2) is 9.23 Å². The number of carbonyl (C=O) groups excluding carboxylic acids is 2. The monoisotopic (exact) mass is 551 g/mol. The Balaban J connectivity index is 1.39. The first kappa shape index (κ1) is 26.4. The zero-order chi connectivity index (χ0) is 26.9. The van der Waals surface area contributed by atoms with Crippen LogP contribution in [0, 0.1) is 18.2 Å². The molecule has 3 aromatic carbocycles. The second-order valence-corrected chi connectivity index (χ2v) is 10.8. The summed E-state index contributed by atoms with van der Waals surface area (Å²) in [6, 6.07) is 16.9.